The summed E-state index contributed by atoms with van der Waals surface area (Å²) in [5.41, 5.74) is 1.84. The minimum Gasteiger partial charge on any atom is -0.453 e. The molecule has 2 rings (SSSR count). The maximum Gasteiger partial charge on any atom is 0.410 e. The van der Waals surface area contributed by atoms with Crippen molar-refractivity contribution >= 4 is 17.7 Å². The average Bonchev–Trinajstić information content (AvgIpc) is 2.43. The smallest absolute Gasteiger partial charge is 0.410 e. The van der Waals surface area contributed by atoms with E-state index in [0.717, 1.165) is 22.6 Å². The number of benzene rings is 1. The quantitative estimate of drug-likeness (QED) is 0.833. The van der Waals surface area contributed by atoms with Gasteiger partial charge in [0, 0.05) is 10.6 Å². The molecule has 0 N–H and O–H groups in total. The van der Waals surface area contributed by atoms with Crippen LogP contribution in [0.5, 0.6) is 0 Å². The molecule has 0 saturated carbocycles. The van der Waals surface area contributed by atoms with Crippen LogP contribution in [-0.2, 0) is 15.9 Å². The number of halogens is 1. The lowest BCUT2D eigenvalue weighted by molar-refractivity contribution is -0.00399. The molecule has 1 aromatic carbocycles. The normalized spacial score (nSPS) is 18.0. The summed E-state index contributed by atoms with van der Waals surface area (Å²) < 4.78 is 10.8. The van der Waals surface area contributed by atoms with Crippen LogP contribution in [0.15, 0.2) is 18.2 Å². The fraction of sp³-hybridized carbons (Fsp3) is 0.562. The summed E-state index contributed by atoms with van der Waals surface area (Å²) in [6.07, 6.45) is 0.283. The highest BCUT2D eigenvalue weighted by Gasteiger charge is 2.32. The van der Waals surface area contributed by atoms with Gasteiger partial charge in [-0.25, -0.2) is 4.79 Å². The number of rotatable bonds is 2. The highest BCUT2D eigenvalue weighted by atomic mass is 35.5. The van der Waals surface area contributed by atoms with E-state index < -0.39 is 0 Å². The van der Waals surface area contributed by atoms with Crippen molar-refractivity contribution in [2.75, 3.05) is 20.3 Å². The molecule has 1 atom stereocenters. The topological polar surface area (TPSA) is 38.8 Å². The van der Waals surface area contributed by atoms with Crippen molar-refractivity contribution in [3.8, 4) is 0 Å². The van der Waals surface area contributed by atoms with Crippen molar-refractivity contribution < 1.29 is 14.3 Å². The molecule has 1 aromatic rings. The Balaban J connectivity index is 2.28. The van der Waals surface area contributed by atoms with Gasteiger partial charge in [-0.3, -0.25) is 0 Å². The number of amides is 1. The van der Waals surface area contributed by atoms with Crippen LogP contribution in [0.4, 0.5) is 4.79 Å². The number of nitrogens with zero attached hydrogens (tertiary/aromatic N) is 1. The van der Waals surface area contributed by atoms with Gasteiger partial charge in [-0.05, 0) is 44.4 Å². The maximum absolute atomic E-state index is 12.0. The first kappa shape index (κ1) is 16.1. The number of ether oxygens (including phenoxy) is 2. The zero-order valence-electron chi connectivity index (χ0n) is 13.0. The molecule has 5 heteroatoms. The van der Waals surface area contributed by atoms with Gasteiger partial charge >= 0.3 is 6.09 Å². The molecule has 0 radical (unpaired) electrons. The van der Waals surface area contributed by atoms with Crippen LogP contribution in [-0.4, -0.2) is 36.8 Å². The van der Waals surface area contributed by atoms with Gasteiger partial charge in [0.1, 0.15) is 6.10 Å². The van der Waals surface area contributed by atoms with Crippen LogP contribution in [0.1, 0.15) is 38.0 Å². The fourth-order valence-electron chi connectivity index (χ4n) is 2.58. The Hall–Kier alpha value is -1.26. The number of carbonyl (C=O) groups excluding carboxylic acids is 1. The van der Waals surface area contributed by atoms with Crippen molar-refractivity contribution in [2.24, 2.45) is 0 Å². The number of methoxy groups -OCH3 is 1. The fourth-order valence-corrected chi connectivity index (χ4v) is 2.86. The third-order valence-electron chi connectivity index (χ3n) is 3.73. The number of fused-ring (bicyclic) bond motifs is 1. The van der Waals surface area contributed by atoms with E-state index in [0.29, 0.717) is 13.2 Å². The third-order valence-corrected chi connectivity index (χ3v) is 4.08. The molecule has 21 heavy (non-hydrogen) atoms. The summed E-state index contributed by atoms with van der Waals surface area (Å²) in [7, 11) is 1.40. The van der Waals surface area contributed by atoms with Crippen LogP contribution in [0, 0.1) is 0 Å². The van der Waals surface area contributed by atoms with Crippen molar-refractivity contribution in [1.29, 1.82) is 0 Å². The van der Waals surface area contributed by atoms with Crippen LogP contribution in [0.2, 0.25) is 5.02 Å². The van der Waals surface area contributed by atoms with E-state index in [1.165, 1.54) is 7.11 Å². The van der Waals surface area contributed by atoms with Crippen LogP contribution in [0.25, 0.3) is 0 Å². The Morgan fingerprint density at radius 3 is 2.81 bits per heavy atom. The molecule has 4 nitrogen and oxygen atoms in total. The van der Waals surface area contributed by atoms with Crippen LogP contribution < -0.4 is 0 Å². The zero-order chi connectivity index (χ0) is 15.6. The van der Waals surface area contributed by atoms with Gasteiger partial charge < -0.3 is 14.4 Å². The van der Waals surface area contributed by atoms with Gasteiger partial charge in [-0.1, -0.05) is 23.7 Å². The van der Waals surface area contributed by atoms with Crippen LogP contribution >= 0.6 is 11.6 Å². The second kappa shape index (κ2) is 6.24. The molecule has 0 aliphatic carbocycles. The highest BCUT2D eigenvalue weighted by Crippen LogP contribution is 2.33. The third kappa shape index (κ3) is 3.50. The number of carbonyl (C=O) groups is 1. The number of hydrogen-bond donors (Lipinski definition) is 0. The van der Waals surface area contributed by atoms with Crippen molar-refractivity contribution in [3.63, 3.8) is 0 Å². The molecule has 0 saturated heterocycles. The minimum atomic E-state index is -0.347. The van der Waals surface area contributed by atoms with Gasteiger partial charge in [0.05, 0.1) is 20.3 Å². The lowest BCUT2D eigenvalue weighted by Gasteiger charge is -2.38. The van der Waals surface area contributed by atoms with E-state index in [1.54, 1.807) is 4.90 Å². The molecule has 1 amide bonds. The highest BCUT2D eigenvalue weighted by molar-refractivity contribution is 6.31. The molecule has 1 unspecified atom stereocenters. The summed E-state index contributed by atoms with van der Waals surface area (Å²) in [5.74, 6) is 0. The minimum absolute atomic E-state index is 0.175. The molecular formula is C16H22ClNO3. The Kier molecular flexibility index (Phi) is 4.79. The lowest BCUT2D eigenvalue weighted by Crippen LogP contribution is -2.48. The monoisotopic (exact) mass is 311 g/mol. The van der Waals surface area contributed by atoms with Crippen LogP contribution in [0.3, 0.4) is 0 Å². The van der Waals surface area contributed by atoms with E-state index in [1.807, 2.05) is 39.0 Å². The molecule has 0 spiro atoms. The second-order valence-corrected chi connectivity index (χ2v) is 6.58. The molecule has 0 fully saturated rings. The van der Waals surface area contributed by atoms with Crippen molar-refractivity contribution in [1.82, 2.24) is 4.90 Å². The maximum atomic E-state index is 12.0. The van der Waals surface area contributed by atoms with Gasteiger partial charge in [-0.15, -0.1) is 0 Å². The summed E-state index contributed by atoms with van der Waals surface area (Å²) >= 11 is 6.26. The molecule has 116 valence electrons. The first-order chi connectivity index (χ1) is 9.84. The Bertz CT molecular complexity index is 525. The molecule has 1 heterocycles. The predicted octanol–water partition coefficient (Wildman–Crippen LogP) is 3.82. The van der Waals surface area contributed by atoms with Crippen molar-refractivity contribution in [3.05, 3.63) is 34.3 Å². The average molecular weight is 312 g/mol. The predicted molar refractivity (Wildman–Crippen MR) is 82.7 cm³/mol. The van der Waals surface area contributed by atoms with E-state index in [-0.39, 0.29) is 17.7 Å². The number of hydrogen-bond acceptors (Lipinski definition) is 3. The Morgan fingerprint density at radius 2 is 2.19 bits per heavy atom. The van der Waals surface area contributed by atoms with E-state index >= 15 is 0 Å². The largest absolute Gasteiger partial charge is 0.453 e. The molecule has 0 aromatic heterocycles. The van der Waals surface area contributed by atoms with Crippen molar-refractivity contribution in [2.45, 2.75) is 38.8 Å². The summed E-state index contributed by atoms with van der Waals surface area (Å²) in [6, 6.07) is 5.83. The first-order valence-electron chi connectivity index (χ1n) is 7.09. The molecule has 1 aliphatic rings. The van der Waals surface area contributed by atoms with E-state index in [2.05, 4.69) is 0 Å². The Labute approximate surface area is 131 Å². The van der Waals surface area contributed by atoms with Gasteiger partial charge in [0.25, 0.3) is 0 Å². The molecule has 0 bridgehead atoms. The summed E-state index contributed by atoms with van der Waals surface area (Å²) in [5, 5.41) is 0.765. The molecule has 1 aliphatic heterocycles. The molecular weight excluding hydrogens is 290 g/mol. The summed E-state index contributed by atoms with van der Waals surface area (Å²) in [6.45, 7) is 6.99. The SMILES string of the molecule is COC(=O)N(CC1OCCc2c(Cl)cccc21)C(C)(C)C. The summed E-state index contributed by atoms with van der Waals surface area (Å²) in [4.78, 5) is 13.7. The van der Waals surface area contributed by atoms with E-state index in [4.69, 9.17) is 21.1 Å². The standard InChI is InChI=1S/C16H22ClNO3/c1-16(2,3)18(15(19)20-4)10-14-12-6-5-7-13(17)11(12)8-9-21-14/h5-7,14H,8-10H2,1-4H3. The van der Waals surface area contributed by atoms with E-state index in [9.17, 15) is 4.79 Å². The first-order valence-corrected chi connectivity index (χ1v) is 7.47. The Morgan fingerprint density at radius 1 is 1.48 bits per heavy atom. The van der Waals surface area contributed by atoms with Gasteiger partial charge in [0.15, 0.2) is 0 Å². The second-order valence-electron chi connectivity index (χ2n) is 6.17. The lowest BCUT2D eigenvalue weighted by atomic mass is 9.96. The zero-order valence-corrected chi connectivity index (χ0v) is 13.7. The van der Waals surface area contributed by atoms with Gasteiger partial charge in [0.2, 0.25) is 0 Å². The van der Waals surface area contributed by atoms with Gasteiger partial charge in [-0.2, -0.15) is 0 Å².